The van der Waals surface area contributed by atoms with E-state index in [0.29, 0.717) is 19.5 Å². The molecule has 3 rings (SSSR count). The van der Waals surface area contributed by atoms with Crippen LogP contribution in [0.3, 0.4) is 0 Å². The predicted molar refractivity (Wildman–Crippen MR) is 86.4 cm³/mol. The molecule has 1 saturated heterocycles. The van der Waals surface area contributed by atoms with Crippen LogP contribution in [0.5, 0.6) is 0 Å². The summed E-state index contributed by atoms with van der Waals surface area (Å²) in [5.41, 5.74) is 0.988. The number of hydrogen-bond donors (Lipinski definition) is 1. The van der Waals surface area contributed by atoms with Crippen LogP contribution < -0.4 is 5.32 Å². The number of imidazole rings is 1. The van der Waals surface area contributed by atoms with Crippen molar-refractivity contribution in [3.8, 4) is 0 Å². The van der Waals surface area contributed by atoms with Crippen molar-refractivity contribution >= 4 is 15.9 Å². The van der Waals surface area contributed by atoms with Crippen molar-refractivity contribution in [1.82, 2.24) is 19.2 Å². The van der Waals surface area contributed by atoms with Crippen molar-refractivity contribution in [2.24, 2.45) is 0 Å². The molecule has 0 aromatic carbocycles. The zero-order valence-corrected chi connectivity index (χ0v) is 14.5. The summed E-state index contributed by atoms with van der Waals surface area (Å²) in [5, 5.41) is 3.05. The number of carbonyl (C=O) groups excluding carboxylic acids is 1. The van der Waals surface area contributed by atoms with Crippen LogP contribution in [0.15, 0.2) is 6.20 Å². The van der Waals surface area contributed by atoms with Crippen LogP contribution in [0, 0.1) is 6.92 Å². The van der Waals surface area contributed by atoms with E-state index in [-0.39, 0.29) is 11.9 Å². The predicted octanol–water partition coefficient (Wildman–Crippen LogP) is 0.437. The summed E-state index contributed by atoms with van der Waals surface area (Å²) in [6.45, 7) is 3.10. The molecule has 1 aromatic rings. The molecule has 0 spiro atoms. The Hall–Kier alpha value is -1.41. The molecular weight excluding hydrogens is 316 g/mol. The van der Waals surface area contributed by atoms with Gasteiger partial charge in [0.1, 0.15) is 11.9 Å². The average Bonchev–Trinajstić information content (AvgIpc) is 2.85. The second kappa shape index (κ2) is 6.24. The fraction of sp³-hybridized carbons (Fsp3) is 0.733. The van der Waals surface area contributed by atoms with Gasteiger partial charge in [0, 0.05) is 31.7 Å². The fourth-order valence-electron chi connectivity index (χ4n) is 3.57. The second-order valence-electron chi connectivity index (χ2n) is 6.58. The smallest absolute Gasteiger partial charge is 0.238 e. The van der Waals surface area contributed by atoms with E-state index in [1.54, 1.807) is 0 Å². The zero-order chi connectivity index (χ0) is 16.6. The third kappa shape index (κ3) is 3.58. The maximum Gasteiger partial charge on any atom is 0.238 e. The highest BCUT2D eigenvalue weighted by molar-refractivity contribution is 7.88. The molecule has 0 unspecified atom stereocenters. The lowest BCUT2D eigenvalue weighted by molar-refractivity contribution is -0.126. The van der Waals surface area contributed by atoms with Crippen molar-refractivity contribution in [3.05, 3.63) is 17.7 Å². The Balaban J connectivity index is 1.67. The molecule has 0 radical (unpaired) electrons. The normalized spacial score (nSPS) is 25.8. The van der Waals surface area contributed by atoms with Gasteiger partial charge in [-0.15, -0.1) is 0 Å². The maximum atomic E-state index is 12.6. The van der Waals surface area contributed by atoms with Gasteiger partial charge in [-0.1, -0.05) is 6.42 Å². The number of rotatable bonds is 3. The molecule has 2 aliphatic heterocycles. The largest absolute Gasteiger partial charge is 0.350 e. The molecule has 0 bridgehead atoms. The van der Waals surface area contributed by atoms with E-state index < -0.39 is 16.1 Å². The van der Waals surface area contributed by atoms with Crippen molar-refractivity contribution < 1.29 is 13.2 Å². The number of hydrogen-bond acceptors (Lipinski definition) is 4. The minimum atomic E-state index is -3.35. The summed E-state index contributed by atoms with van der Waals surface area (Å²) in [6, 6.07) is -0.531. The van der Waals surface area contributed by atoms with Gasteiger partial charge in [0.15, 0.2) is 0 Å². The maximum absolute atomic E-state index is 12.6. The quantitative estimate of drug-likeness (QED) is 0.865. The summed E-state index contributed by atoms with van der Waals surface area (Å²) in [5.74, 6) is 0.892. The van der Waals surface area contributed by atoms with Gasteiger partial charge in [0.2, 0.25) is 15.9 Å². The number of amides is 1. The number of nitrogens with one attached hydrogen (secondary N) is 1. The van der Waals surface area contributed by atoms with Gasteiger partial charge in [0.25, 0.3) is 0 Å². The Kier molecular flexibility index (Phi) is 4.46. The van der Waals surface area contributed by atoms with Crippen LogP contribution in [0.25, 0.3) is 0 Å². The SMILES string of the molecule is Cc1cn2c(n1)CC[C@@H](NC(=O)[C@H]1CCCCN1S(C)(=O)=O)C2. The van der Waals surface area contributed by atoms with Gasteiger partial charge < -0.3 is 9.88 Å². The summed E-state index contributed by atoms with van der Waals surface area (Å²) >= 11 is 0. The molecule has 128 valence electrons. The average molecular weight is 340 g/mol. The van der Waals surface area contributed by atoms with Crippen LogP contribution >= 0.6 is 0 Å². The number of fused-ring (bicyclic) bond motifs is 1. The molecule has 0 saturated carbocycles. The lowest BCUT2D eigenvalue weighted by atomic mass is 10.0. The summed E-state index contributed by atoms with van der Waals surface area (Å²) in [4.78, 5) is 17.1. The van der Waals surface area contributed by atoms with E-state index in [0.717, 1.165) is 37.2 Å². The highest BCUT2D eigenvalue weighted by atomic mass is 32.2. The van der Waals surface area contributed by atoms with Gasteiger partial charge in [-0.2, -0.15) is 4.31 Å². The number of carbonyl (C=O) groups is 1. The Morgan fingerprint density at radius 3 is 2.87 bits per heavy atom. The molecule has 1 amide bonds. The minimum absolute atomic E-state index is 0.0342. The number of nitrogens with zero attached hydrogens (tertiary/aromatic N) is 3. The van der Waals surface area contributed by atoms with Gasteiger partial charge in [-0.25, -0.2) is 13.4 Å². The molecule has 8 heteroatoms. The highest BCUT2D eigenvalue weighted by Crippen LogP contribution is 2.21. The van der Waals surface area contributed by atoms with Crippen LogP contribution in [-0.2, 0) is 27.8 Å². The number of aryl methyl sites for hydroxylation is 2. The standard InChI is InChI=1S/C15H24N4O3S/c1-11-9-18-10-12(6-7-14(18)16-11)17-15(20)13-5-3-4-8-19(13)23(2,21)22/h9,12-13H,3-8,10H2,1-2H3,(H,17,20)/t12-,13-/m1/s1. The molecule has 2 atom stereocenters. The Morgan fingerprint density at radius 2 is 2.13 bits per heavy atom. The van der Waals surface area contributed by atoms with E-state index in [9.17, 15) is 13.2 Å². The molecular formula is C15H24N4O3S. The Bertz CT molecular complexity index is 698. The second-order valence-corrected chi connectivity index (χ2v) is 8.52. The summed E-state index contributed by atoms with van der Waals surface area (Å²) in [7, 11) is -3.35. The van der Waals surface area contributed by atoms with Crippen molar-refractivity contribution in [2.75, 3.05) is 12.8 Å². The highest BCUT2D eigenvalue weighted by Gasteiger charge is 2.35. The third-order valence-corrected chi connectivity index (χ3v) is 5.93. The van der Waals surface area contributed by atoms with Crippen LogP contribution in [-0.4, -0.2) is 53.1 Å². The summed E-state index contributed by atoms with van der Waals surface area (Å²) in [6.07, 6.45) is 7.16. The molecule has 1 N–H and O–H groups in total. The van der Waals surface area contributed by atoms with Crippen LogP contribution in [0.2, 0.25) is 0 Å². The molecule has 1 aromatic heterocycles. The monoisotopic (exact) mass is 340 g/mol. The van der Waals surface area contributed by atoms with Crippen molar-refractivity contribution in [1.29, 1.82) is 0 Å². The number of piperidine rings is 1. The van der Waals surface area contributed by atoms with E-state index in [4.69, 9.17) is 0 Å². The van der Waals surface area contributed by atoms with Gasteiger partial charge in [-0.3, -0.25) is 4.79 Å². The topological polar surface area (TPSA) is 84.3 Å². The molecule has 3 heterocycles. The third-order valence-electron chi connectivity index (χ3n) is 4.64. The van der Waals surface area contributed by atoms with E-state index in [2.05, 4.69) is 14.9 Å². The van der Waals surface area contributed by atoms with Crippen LogP contribution in [0.1, 0.15) is 37.2 Å². The van der Waals surface area contributed by atoms with Gasteiger partial charge in [-0.05, 0) is 26.2 Å². The Labute approximate surface area is 137 Å². The fourth-order valence-corrected chi connectivity index (χ4v) is 4.69. The first-order valence-electron chi connectivity index (χ1n) is 8.14. The van der Waals surface area contributed by atoms with Crippen molar-refractivity contribution in [2.45, 2.75) is 57.7 Å². The van der Waals surface area contributed by atoms with Crippen LogP contribution in [0.4, 0.5) is 0 Å². The first-order valence-corrected chi connectivity index (χ1v) is 9.99. The molecule has 2 aliphatic rings. The van der Waals surface area contributed by atoms with E-state index >= 15 is 0 Å². The van der Waals surface area contributed by atoms with Gasteiger partial charge >= 0.3 is 0 Å². The number of aromatic nitrogens is 2. The first-order chi connectivity index (χ1) is 10.8. The van der Waals surface area contributed by atoms with E-state index in [1.165, 1.54) is 10.6 Å². The summed E-state index contributed by atoms with van der Waals surface area (Å²) < 4.78 is 27.2. The minimum Gasteiger partial charge on any atom is -0.350 e. The van der Waals surface area contributed by atoms with Crippen molar-refractivity contribution in [3.63, 3.8) is 0 Å². The molecule has 23 heavy (non-hydrogen) atoms. The Morgan fingerprint density at radius 1 is 1.35 bits per heavy atom. The first kappa shape index (κ1) is 16.4. The number of sulfonamides is 1. The van der Waals surface area contributed by atoms with Gasteiger partial charge in [0.05, 0.1) is 11.9 Å². The van der Waals surface area contributed by atoms with E-state index in [1.807, 2.05) is 13.1 Å². The lowest BCUT2D eigenvalue weighted by Gasteiger charge is -2.34. The lowest BCUT2D eigenvalue weighted by Crippen LogP contribution is -2.54. The zero-order valence-electron chi connectivity index (χ0n) is 13.7. The molecule has 1 fully saturated rings. The molecule has 7 nitrogen and oxygen atoms in total. The molecule has 0 aliphatic carbocycles.